The van der Waals surface area contributed by atoms with E-state index in [0.717, 1.165) is 0 Å². The van der Waals surface area contributed by atoms with Crippen LogP contribution in [-0.2, 0) is 13.6 Å². The van der Waals surface area contributed by atoms with Gasteiger partial charge in [0.25, 0.3) is 0 Å². The zero-order valence-corrected chi connectivity index (χ0v) is 14.3. The van der Waals surface area contributed by atoms with Crippen LogP contribution in [0.3, 0.4) is 0 Å². The maximum atomic E-state index is 10.3. The standard InChI is InChI=1S/C11H24.C4H10O3P/c1-3-5-7-9-11-10-8-6-4-2;1-3-6-8(5)7-4-2/h3-11H2,1-2H3;3-4H2,1-2H3/q;+1. The second-order valence-electron chi connectivity index (χ2n) is 4.53. The van der Waals surface area contributed by atoms with Crippen molar-refractivity contribution in [2.24, 2.45) is 0 Å². The molecule has 4 heteroatoms. The fourth-order valence-corrected chi connectivity index (χ4v) is 2.13. The van der Waals surface area contributed by atoms with Gasteiger partial charge in [-0.05, 0) is 13.8 Å². The van der Waals surface area contributed by atoms with E-state index in [0.29, 0.717) is 13.2 Å². The molecule has 19 heavy (non-hydrogen) atoms. The third kappa shape index (κ3) is 23.5. The molecule has 0 bridgehead atoms. The lowest BCUT2D eigenvalue weighted by molar-refractivity contribution is 0.243. The normalized spacial score (nSPS) is 9.89. The van der Waals surface area contributed by atoms with E-state index in [1.807, 2.05) is 0 Å². The summed E-state index contributed by atoms with van der Waals surface area (Å²) in [5.41, 5.74) is 0. The largest absolute Gasteiger partial charge is 0.697 e. The van der Waals surface area contributed by atoms with E-state index in [9.17, 15) is 4.57 Å². The maximum Gasteiger partial charge on any atom is 0.697 e. The molecule has 0 spiro atoms. The van der Waals surface area contributed by atoms with Gasteiger partial charge < -0.3 is 0 Å². The van der Waals surface area contributed by atoms with Gasteiger partial charge in [-0.15, -0.1) is 9.05 Å². The van der Waals surface area contributed by atoms with E-state index >= 15 is 0 Å². The van der Waals surface area contributed by atoms with Crippen LogP contribution in [-0.4, -0.2) is 13.2 Å². The Kier molecular flexibility index (Phi) is 22.8. The van der Waals surface area contributed by atoms with E-state index in [2.05, 4.69) is 22.9 Å². The van der Waals surface area contributed by atoms with Crippen LogP contribution in [0.5, 0.6) is 0 Å². The molecule has 0 aliphatic heterocycles. The molecule has 0 heterocycles. The highest BCUT2D eigenvalue weighted by Gasteiger charge is 2.15. The average molecular weight is 293 g/mol. The molecule has 0 aromatic rings. The van der Waals surface area contributed by atoms with Gasteiger partial charge in [-0.2, -0.15) is 0 Å². The number of hydrogen-bond acceptors (Lipinski definition) is 3. The third-order valence-corrected chi connectivity index (χ3v) is 3.61. The van der Waals surface area contributed by atoms with Crippen LogP contribution in [0.4, 0.5) is 0 Å². The summed E-state index contributed by atoms with van der Waals surface area (Å²) in [6.07, 6.45) is 13.0. The summed E-state index contributed by atoms with van der Waals surface area (Å²) in [5, 5.41) is 0. The second kappa shape index (κ2) is 20.3. The molecule has 0 fully saturated rings. The summed E-state index contributed by atoms with van der Waals surface area (Å²) >= 11 is 0. The van der Waals surface area contributed by atoms with Crippen LogP contribution >= 0.6 is 8.25 Å². The molecule has 0 unspecified atom stereocenters. The van der Waals surface area contributed by atoms with Crippen molar-refractivity contribution < 1.29 is 13.6 Å². The highest BCUT2D eigenvalue weighted by molar-refractivity contribution is 7.33. The van der Waals surface area contributed by atoms with Gasteiger partial charge in [0.2, 0.25) is 0 Å². The predicted molar refractivity (Wildman–Crippen MR) is 83.8 cm³/mol. The molecule has 0 atom stereocenters. The zero-order chi connectivity index (χ0) is 14.8. The Labute approximate surface area is 121 Å². The molecule has 0 radical (unpaired) electrons. The zero-order valence-electron chi connectivity index (χ0n) is 13.5. The Balaban J connectivity index is 0. The van der Waals surface area contributed by atoms with Crippen LogP contribution in [0.1, 0.15) is 85.5 Å². The molecule has 0 aliphatic carbocycles. The van der Waals surface area contributed by atoms with Gasteiger partial charge in [0.1, 0.15) is 13.2 Å². The minimum Gasteiger partial charge on any atom is -0.119 e. The monoisotopic (exact) mass is 293 g/mol. The van der Waals surface area contributed by atoms with Crippen LogP contribution in [0.25, 0.3) is 0 Å². The highest BCUT2D eigenvalue weighted by Crippen LogP contribution is 2.21. The van der Waals surface area contributed by atoms with Crippen molar-refractivity contribution in [1.82, 2.24) is 0 Å². The molecular weight excluding hydrogens is 259 g/mol. The number of rotatable bonds is 12. The van der Waals surface area contributed by atoms with Crippen molar-refractivity contribution >= 4 is 8.25 Å². The van der Waals surface area contributed by atoms with E-state index < -0.39 is 8.25 Å². The Morgan fingerprint density at radius 3 is 1.21 bits per heavy atom. The fourth-order valence-electron chi connectivity index (χ4n) is 1.63. The molecule has 0 rings (SSSR count). The summed E-state index contributed by atoms with van der Waals surface area (Å²) in [7, 11) is -1.83. The number of unbranched alkanes of at least 4 members (excludes halogenated alkanes) is 8. The lowest BCUT2D eigenvalue weighted by Gasteiger charge is -1.98. The fraction of sp³-hybridized carbons (Fsp3) is 1.00. The van der Waals surface area contributed by atoms with Crippen molar-refractivity contribution in [3.8, 4) is 0 Å². The quantitative estimate of drug-likeness (QED) is 0.315. The first kappa shape index (κ1) is 21.3. The Bertz CT molecular complexity index is 159. The van der Waals surface area contributed by atoms with Gasteiger partial charge in [0.15, 0.2) is 0 Å². The summed E-state index contributed by atoms with van der Waals surface area (Å²) in [6, 6.07) is 0. The first-order chi connectivity index (χ1) is 9.22. The van der Waals surface area contributed by atoms with Crippen molar-refractivity contribution in [2.45, 2.75) is 85.5 Å². The van der Waals surface area contributed by atoms with Crippen LogP contribution in [0, 0.1) is 0 Å². The molecular formula is C15H34O3P+. The lowest BCUT2D eigenvalue weighted by atomic mass is 10.1. The summed E-state index contributed by atoms with van der Waals surface area (Å²) in [4.78, 5) is 0. The minimum atomic E-state index is -1.83. The van der Waals surface area contributed by atoms with E-state index in [4.69, 9.17) is 0 Å². The summed E-state index contributed by atoms with van der Waals surface area (Å²) in [5.74, 6) is 0. The highest BCUT2D eigenvalue weighted by atomic mass is 31.1. The molecule has 0 aromatic heterocycles. The molecule has 0 amide bonds. The smallest absolute Gasteiger partial charge is 0.119 e. The van der Waals surface area contributed by atoms with E-state index in [1.165, 1.54) is 57.8 Å². The molecule has 0 aliphatic rings. The van der Waals surface area contributed by atoms with Gasteiger partial charge in [-0.25, -0.2) is 0 Å². The molecule has 116 valence electrons. The second-order valence-corrected chi connectivity index (χ2v) is 5.50. The first-order valence-electron chi connectivity index (χ1n) is 7.95. The van der Waals surface area contributed by atoms with Gasteiger partial charge in [-0.1, -0.05) is 71.6 Å². The van der Waals surface area contributed by atoms with Gasteiger partial charge in [0.05, 0.1) is 0 Å². The maximum absolute atomic E-state index is 10.3. The van der Waals surface area contributed by atoms with Crippen LogP contribution in [0.15, 0.2) is 0 Å². The van der Waals surface area contributed by atoms with Gasteiger partial charge in [-0.3, -0.25) is 0 Å². The van der Waals surface area contributed by atoms with Crippen molar-refractivity contribution in [3.05, 3.63) is 0 Å². The SMILES string of the molecule is CCCCCCCCCCC.CCO[P+](=O)OCC. The average Bonchev–Trinajstić information content (AvgIpc) is 2.39. The molecule has 0 saturated carbocycles. The Hall–Kier alpha value is 0.0200. The van der Waals surface area contributed by atoms with Crippen molar-refractivity contribution in [3.63, 3.8) is 0 Å². The van der Waals surface area contributed by atoms with Crippen LogP contribution < -0.4 is 0 Å². The number of hydrogen-bond donors (Lipinski definition) is 0. The van der Waals surface area contributed by atoms with Gasteiger partial charge in [0, 0.05) is 4.57 Å². The topological polar surface area (TPSA) is 35.5 Å². The van der Waals surface area contributed by atoms with E-state index in [1.54, 1.807) is 13.8 Å². The Morgan fingerprint density at radius 2 is 0.947 bits per heavy atom. The molecule has 0 aromatic carbocycles. The van der Waals surface area contributed by atoms with Crippen molar-refractivity contribution in [2.75, 3.05) is 13.2 Å². The molecule has 3 nitrogen and oxygen atoms in total. The third-order valence-electron chi connectivity index (χ3n) is 2.68. The first-order valence-corrected chi connectivity index (χ1v) is 9.05. The predicted octanol–water partition coefficient (Wildman–Crippen LogP) is 6.25. The molecule has 0 N–H and O–H groups in total. The van der Waals surface area contributed by atoms with Gasteiger partial charge >= 0.3 is 8.25 Å². The van der Waals surface area contributed by atoms with Crippen molar-refractivity contribution in [1.29, 1.82) is 0 Å². The van der Waals surface area contributed by atoms with Crippen LogP contribution in [0.2, 0.25) is 0 Å². The molecule has 0 saturated heterocycles. The Morgan fingerprint density at radius 1 is 0.632 bits per heavy atom. The summed E-state index contributed by atoms with van der Waals surface area (Å²) in [6.45, 7) is 8.97. The summed E-state index contributed by atoms with van der Waals surface area (Å²) < 4.78 is 19.5. The minimum absolute atomic E-state index is 0.440. The lowest BCUT2D eigenvalue weighted by Crippen LogP contribution is -1.81. The van der Waals surface area contributed by atoms with E-state index in [-0.39, 0.29) is 0 Å².